The van der Waals surface area contributed by atoms with E-state index in [0.717, 1.165) is 33.0 Å². The Morgan fingerprint density at radius 3 is 2.50 bits per heavy atom. The van der Waals surface area contributed by atoms with Crippen molar-refractivity contribution >= 4 is 33.7 Å². The standard InChI is InChI=1S/C30H31NO3/c32-30(33)29-26(19-18-22-10-2-1-3-11-22)25-15-6-7-16-27(25)31(29)20-9-21-34-28-17-8-13-23-12-4-5-14-24(23)28/h4-8,12-19,22H,1-3,9-11,20-21H2,(H,32,33)/b19-18+. The Balaban J connectivity index is 1.37. The van der Waals surface area contributed by atoms with Crippen molar-refractivity contribution in [3.8, 4) is 5.75 Å². The van der Waals surface area contributed by atoms with Crippen LogP contribution in [0.1, 0.15) is 54.6 Å². The van der Waals surface area contributed by atoms with Gasteiger partial charge in [0.15, 0.2) is 0 Å². The highest BCUT2D eigenvalue weighted by Crippen LogP contribution is 2.31. The molecule has 5 rings (SSSR count). The first-order valence-corrected chi connectivity index (χ1v) is 12.4. The van der Waals surface area contributed by atoms with Crippen molar-refractivity contribution in [3.05, 3.63) is 84.1 Å². The molecule has 1 fully saturated rings. The quantitative estimate of drug-likeness (QED) is 0.280. The fourth-order valence-electron chi connectivity index (χ4n) is 5.25. The van der Waals surface area contributed by atoms with Gasteiger partial charge in [0.25, 0.3) is 0 Å². The molecular formula is C30H31NO3. The topological polar surface area (TPSA) is 51.5 Å². The van der Waals surface area contributed by atoms with Crippen molar-refractivity contribution in [2.24, 2.45) is 5.92 Å². The fraction of sp³-hybridized carbons (Fsp3) is 0.300. The van der Waals surface area contributed by atoms with Crippen LogP contribution in [0.3, 0.4) is 0 Å². The molecule has 0 radical (unpaired) electrons. The maximum Gasteiger partial charge on any atom is 0.353 e. The summed E-state index contributed by atoms with van der Waals surface area (Å²) < 4.78 is 8.06. The average Bonchev–Trinajstić information content (AvgIpc) is 3.19. The molecule has 1 aliphatic rings. The number of para-hydroxylation sites is 1. The number of aryl methyl sites for hydroxylation is 1. The average molecular weight is 454 g/mol. The first kappa shape index (κ1) is 22.3. The van der Waals surface area contributed by atoms with Gasteiger partial charge < -0.3 is 14.4 Å². The predicted octanol–water partition coefficient (Wildman–Crippen LogP) is 7.56. The van der Waals surface area contributed by atoms with Gasteiger partial charge in [-0.2, -0.15) is 0 Å². The summed E-state index contributed by atoms with van der Waals surface area (Å²) in [4.78, 5) is 12.4. The smallest absolute Gasteiger partial charge is 0.353 e. The highest BCUT2D eigenvalue weighted by atomic mass is 16.5. The van der Waals surface area contributed by atoms with Crippen LogP contribution in [0.15, 0.2) is 72.8 Å². The molecule has 0 aliphatic heterocycles. The van der Waals surface area contributed by atoms with E-state index < -0.39 is 5.97 Å². The van der Waals surface area contributed by atoms with E-state index in [1.807, 2.05) is 53.1 Å². The van der Waals surface area contributed by atoms with E-state index in [0.29, 0.717) is 31.2 Å². The Kier molecular flexibility index (Phi) is 6.66. The number of nitrogens with zero attached hydrogens (tertiary/aromatic N) is 1. The van der Waals surface area contributed by atoms with Crippen molar-refractivity contribution in [1.29, 1.82) is 0 Å². The minimum Gasteiger partial charge on any atom is -0.493 e. The number of aromatic carboxylic acids is 1. The van der Waals surface area contributed by atoms with Crippen LogP contribution >= 0.6 is 0 Å². The summed E-state index contributed by atoms with van der Waals surface area (Å²) in [5.41, 5.74) is 2.16. The van der Waals surface area contributed by atoms with E-state index in [9.17, 15) is 9.90 Å². The molecule has 1 aromatic heterocycles. The number of hydrogen-bond donors (Lipinski definition) is 1. The molecule has 1 N–H and O–H groups in total. The van der Waals surface area contributed by atoms with Crippen molar-refractivity contribution in [1.82, 2.24) is 4.57 Å². The number of carboxylic acids is 1. The summed E-state index contributed by atoms with van der Waals surface area (Å²) in [6, 6.07) is 22.3. The third kappa shape index (κ3) is 4.58. The van der Waals surface area contributed by atoms with E-state index in [-0.39, 0.29) is 0 Å². The number of aromatic nitrogens is 1. The molecule has 1 saturated carbocycles. The van der Waals surface area contributed by atoms with E-state index in [1.165, 1.54) is 32.1 Å². The molecule has 34 heavy (non-hydrogen) atoms. The third-order valence-electron chi connectivity index (χ3n) is 6.93. The van der Waals surface area contributed by atoms with Gasteiger partial charge in [-0.05, 0) is 42.7 Å². The van der Waals surface area contributed by atoms with Crippen molar-refractivity contribution in [3.63, 3.8) is 0 Å². The SMILES string of the molecule is O=C(O)c1c(/C=C/C2CCCCC2)c2ccccc2n1CCCOc1cccc2ccccc12. The molecule has 4 aromatic rings. The van der Waals surface area contributed by atoms with Gasteiger partial charge in [-0.15, -0.1) is 0 Å². The molecule has 1 heterocycles. The van der Waals surface area contributed by atoms with Gasteiger partial charge in [0.05, 0.1) is 6.61 Å². The maximum atomic E-state index is 12.4. The Hall–Kier alpha value is -3.53. The summed E-state index contributed by atoms with van der Waals surface area (Å²) >= 11 is 0. The summed E-state index contributed by atoms with van der Waals surface area (Å²) in [5, 5.41) is 13.4. The van der Waals surface area contributed by atoms with E-state index >= 15 is 0 Å². The lowest BCUT2D eigenvalue weighted by Crippen LogP contribution is -2.12. The molecule has 0 atom stereocenters. The van der Waals surface area contributed by atoms with Crippen LogP contribution in [0.25, 0.3) is 27.8 Å². The summed E-state index contributed by atoms with van der Waals surface area (Å²) in [5.74, 6) is 0.533. The molecule has 4 heteroatoms. The first-order chi connectivity index (χ1) is 16.7. The number of carboxylic acid groups (broad SMARTS) is 1. The van der Waals surface area contributed by atoms with Gasteiger partial charge in [-0.25, -0.2) is 4.79 Å². The van der Waals surface area contributed by atoms with Gasteiger partial charge >= 0.3 is 5.97 Å². The predicted molar refractivity (Wildman–Crippen MR) is 139 cm³/mol. The van der Waals surface area contributed by atoms with E-state index in [1.54, 1.807) is 0 Å². The first-order valence-electron chi connectivity index (χ1n) is 12.4. The molecule has 0 unspecified atom stereocenters. The second-order valence-corrected chi connectivity index (χ2v) is 9.17. The van der Waals surface area contributed by atoms with Crippen LogP contribution in [0.5, 0.6) is 5.75 Å². The highest BCUT2D eigenvalue weighted by molar-refractivity contribution is 6.02. The van der Waals surface area contributed by atoms with Gasteiger partial charge in [-0.3, -0.25) is 0 Å². The number of rotatable bonds is 8. The number of carbonyl (C=O) groups is 1. The minimum absolute atomic E-state index is 0.374. The third-order valence-corrected chi connectivity index (χ3v) is 6.93. The molecule has 1 aliphatic carbocycles. The van der Waals surface area contributed by atoms with Crippen LogP contribution < -0.4 is 4.74 Å². The zero-order valence-corrected chi connectivity index (χ0v) is 19.5. The van der Waals surface area contributed by atoms with Crippen molar-refractivity contribution in [2.75, 3.05) is 6.61 Å². The van der Waals surface area contributed by atoms with Crippen LogP contribution in [-0.4, -0.2) is 22.2 Å². The number of benzene rings is 3. The lowest BCUT2D eigenvalue weighted by Gasteiger charge is -2.17. The Morgan fingerprint density at radius 2 is 1.68 bits per heavy atom. The lowest BCUT2D eigenvalue weighted by molar-refractivity contribution is 0.0685. The number of allylic oxidation sites excluding steroid dienone is 1. The molecule has 0 spiro atoms. The van der Waals surface area contributed by atoms with Crippen molar-refractivity contribution in [2.45, 2.75) is 45.1 Å². The molecule has 4 nitrogen and oxygen atoms in total. The lowest BCUT2D eigenvalue weighted by atomic mass is 9.88. The molecule has 174 valence electrons. The molecule has 0 amide bonds. The minimum atomic E-state index is -0.880. The zero-order valence-electron chi connectivity index (χ0n) is 19.5. The van der Waals surface area contributed by atoms with E-state index in [4.69, 9.17) is 4.74 Å². The summed E-state index contributed by atoms with van der Waals surface area (Å²) in [6.45, 7) is 1.11. The van der Waals surface area contributed by atoms with E-state index in [2.05, 4.69) is 30.4 Å². The van der Waals surface area contributed by atoms with Crippen LogP contribution in [0, 0.1) is 5.92 Å². The molecule has 0 bridgehead atoms. The van der Waals surface area contributed by atoms with Gasteiger partial charge in [0.1, 0.15) is 11.4 Å². The van der Waals surface area contributed by atoms with Gasteiger partial charge in [0, 0.05) is 28.4 Å². The normalized spacial score (nSPS) is 14.8. The number of hydrogen-bond acceptors (Lipinski definition) is 2. The number of fused-ring (bicyclic) bond motifs is 2. The number of ether oxygens (including phenoxy) is 1. The summed E-state index contributed by atoms with van der Waals surface area (Å²) in [6.07, 6.45) is 11.2. The van der Waals surface area contributed by atoms with Gasteiger partial charge in [0.2, 0.25) is 0 Å². The molecule has 3 aromatic carbocycles. The highest BCUT2D eigenvalue weighted by Gasteiger charge is 2.21. The second kappa shape index (κ2) is 10.2. The molecular weight excluding hydrogens is 422 g/mol. The Labute approximate surface area is 200 Å². The van der Waals surface area contributed by atoms with Crippen LogP contribution in [-0.2, 0) is 6.54 Å². The second-order valence-electron chi connectivity index (χ2n) is 9.17. The molecule has 0 saturated heterocycles. The zero-order chi connectivity index (χ0) is 23.3. The van der Waals surface area contributed by atoms with Crippen LogP contribution in [0.4, 0.5) is 0 Å². The van der Waals surface area contributed by atoms with Gasteiger partial charge in [-0.1, -0.05) is 86.0 Å². The monoisotopic (exact) mass is 453 g/mol. The maximum absolute atomic E-state index is 12.4. The Bertz CT molecular complexity index is 1320. The van der Waals surface area contributed by atoms with Crippen LogP contribution in [0.2, 0.25) is 0 Å². The Morgan fingerprint density at radius 1 is 0.941 bits per heavy atom. The largest absolute Gasteiger partial charge is 0.493 e. The van der Waals surface area contributed by atoms with Crippen molar-refractivity contribution < 1.29 is 14.6 Å². The fourth-order valence-corrected chi connectivity index (χ4v) is 5.25. The summed E-state index contributed by atoms with van der Waals surface area (Å²) in [7, 11) is 0.